The summed E-state index contributed by atoms with van der Waals surface area (Å²) in [7, 11) is 0. The highest BCUT2D eigenvalue weighted by Crippen LogP contribution is 2.25. The average Bonchev–Trinajstić information content (AvgIpc) is 2.10. The van der Waals surface area contributed by atoms with Crippen LogP contribution < -0.4 is 0 Å². The SMILES string of the molecule is Cc1c(CC#N)cc(Cl)nc1C(F)F. The summed E-state index contributed by atoms with van der Waals surface area (Å²) in [5.74, 6) is 0. The Bertz CT molecular complexity index is 385. The van der Waals surface area contributed by atoms with Crippen molar-refractivity contribution in [2.24, 2.45) is 0 Å². The van der Waals surface area contributed by atoms with Crippen LogP contribution in [-0.2, 0) is 6.42 Å². The van der Waals surface area contributed by atoms with Gasteiger partial charge in [-0.3, -0.25) is 0 Å². The molecule has 0 aliphatic heterocycles. The predicted molar refractivity (Wildman–Crippen MR) is 48.3 cm³/mol. The van der Waals surface area contributed by atoms with Crippen LogP contribution in [-0.4, -0.2) is 4.98 Å². The van der Waals surface area contributed by atoms with E-state index in [1.54, 1.807) is 0 Å². The van der Waals surface area contributed by atoms with Crippen LogP contribution in [0.4, 0.5) is 8.78 Å². The molecule has 1 aromatic rings. The van der Waals surface area contributed by atoms with Gasteiger partial charge >= 0.3 is 0 Å². The van der Waals surface area contributed by atoms with Crippen molar-refractivity contribution < 1.29 is 8.78 Å². The van der Waals surface area contributed by atoms with Gasteiger partial charge in [0.05, 0.1) is 12.5 Å². The molecule has 5 heteroatoms. The van der Waals surface area contributed by atoms with Crippen LogP contribution in [0, 0.1) is 18.3 Å². The summed E-state index contributed by atoms with van der Waals surface area (Å²) in [4.78, 5) is 3.52. The second kappa shape index (κ2) is 4.34. The number of halogens is 3. The number of nitrogens with zero attached hydrogens (tertiary/aromatic N) is 2. The summed E-state index contributed by atoms with van der Waals surface area (Å²) < 4.78 is 24.8. The molecule has 14 heavy (non-hydrogen) atoms. The summed E-state index contributed by atoms with van der Waals surface area (Å²) in [6, 6.07) is 3.32. The summed E-state index contributed by atoms with van der Waals surface area (Å²) >= 11 is 5.55. The van der Waals surface area contributed by atoms with E-state index in [4.69, 9.17) is 16.9 Å². The quantitative estimate of drug-likeness (QED) is 0.713. The number of hydrogen-bond donors (Lipinski definition) is 0. The van der Waals surface area contributed by atoms with E-state index in [0.29, 0.717) is 11.1 Å². The van der Waals surface area contributed by atoms with Crippen LogP contribution in [0.25, 0.3) is 0 Å². The van der Waals surface area contributed by atoms with Crippen molar-refractivity contribution in [3.63, 3.8) is 0 Å². The summed E-state index contributed by atoms with van der Waals surface area (Å²) in [5, 5.41) is 8.46. The zero-order chi connectivity index (χ0) is 10.7. The smallest absolute Gasteiger partial charge is 0.235 e. The lowest BCUT2D eigenvalue weighted by atomic mass is 10.1. The number of nitriles is 1. The average molecular weight is 217 g/mol. The predicted octanol–water partition coefficient (Wildman–Crippen LogP) is 3.05. The van der Waals surface area contributed by atoms with E-state index in [2.05, 4.69) is 4.98 Å². The first-order valence-corrected chi connectivity index (χ1v) is 4.25. The first kappa shape index (κ1) is 10.9. The van der Waals surface area contributed by atoms with Gasteiger partial charge in [0.1, 0.15) is 10.8 Å². The molecule has 0 aromatic carbocycles. The molecule has 0 aliphatic carbocycles. The molecule has 0 aliphatic rings. The van der Waals surface area contributed by atoms with E-state index < -0.39 is 6.43 Å². The van der Waals surface area contributed by atoms with Crippen LogP contribution in [0.1, 0.15) is 23.2 Å². The van der Waals surface area contributed by atoms with Gasteiger partial charge in [-0.1, -0.05) is 11.6 Å². The fourth-order valence-corrected chi connectivity index (χ4v) is 1.35. The molecule has 74 valence electrons. The van der Waals surface area contributed by atoms with E-state index in [1.165, 1.54) is 13.0 Å². The van der Waals surface area contributed by atoms with Crippen molar-refractivity contribution >= 4 is 11.6 Å². The zero-order valence-corrected chi connectivity index (χ0v) is 8.15. The molecule has 0 atom stereocenters. The van der Waals surface area contributed by atoms with E-state index in [1.807, 2.05) is 6.07 Å². The molecule has 2 nitrogen and oxygen atoms in total. The molecule has 1 aromatic heterocycles. The van der Waals surface area contributed by atoms with Gasteiger partial charge in [0.25, 0.3) is 6.43 Å². The lowest BCUT2D eigenvalue weighted by Crippen LogP contribution is -2.00. The van der Waals surface area contributed by atoms with Crippen LogP contribution in [0.5, 0.6) is 0 Å². The van der Waals surface area contributed by atoms with Gasteiger partial charge in [-0.05, 0) is 24.1 Å². The third-order valence-electron chi connectivity index (χ3n) is 1.86. The molecule has 0 spiro atoms. The molecule has 1 heterocycles. The van der Waals surface area contributed by atoms with Crippen molar-refractivity contribution in [1.82, 2.24) is 4.98 Å². The Morgan fingerprint density at radius 1 is 1.64 bits per heavy atom. The van der Waals surface area contributed by atoms with Crippen LogP contribution in [0.15, 0.2) is 6.07 Å². The van der Waals surface area contributed by atoms with Gasteiger partial charge in [-0.25, -0.2) is 13.8 Å². The Hall–Kier alpha value is -1.21. The largest absolute Gasteiger partial charge is 0.280 e. The Balaban J connectivity index is 3.26. The highest BCUT2D eigenvalue weighted by molar-refractivity contribution is 6.29. The van der Waals surface area contributed by atoms with E-state index >= 15 is 0 Å². The molecule has 0 N–H and O–H groups in total. The fourth-order valence-electron chi connectivity index (χ4n) is 1.13. The maximum atomic E-state index is 12.4. The first-order valence-electron chi connectivity index (χ1n) is 3.87. The topological polar surface area (TPSA) is 36.7 Å². The molecular weight excluding hydrogens is 210 g/mol. The Labute approximate surface area is 85.1 Å². The van der Waals surface area contributed by atoms with Crippen LogP contribution in [0.2, 0.25) is 5.15 Å². The molecule has 0 amide bonds. The standard InChI is InChI=1S/C9H7ClF2N2/c1-5-6(2-3-13)4-7(10)14-8(5)9(11)12/h4,9H,2H2,1H3. The zero-order valence-electron chi connectivity index (χ0n) is 7.39. The van der Waals surface area contributed by atoms with Crippen molar-refractivity contribution in [3.05, 3.63) is 28.0 Å². The number of aromatic nitrogens is 1. The van der Waals surface area contributed by atoms with Crippen molar-refractivity contribution in [2.45, 2.75) is 19.8 Å². The highest BCUT2D eigenvalue weighted by atomic mass is 35.5. The second-order valence-corrected chi connectivity index (χ2v) is 3.14. The molecule has 0 unspecified atom stereocenters. The minimum atomic E-state index is -2.66. The molecule has 0 radical (unpaired) electrons. The molecule has 0 saturated heterocycles. The van der Waals surface area contributed by atoms with E-state index in [9.17, 15) is 8.78 Å². The second-order valence-electron chi connectivity index (χ2n) is 2.75. The molecule has 0 bridgehead atoms. The number of hydrogen-bond acceptors (Lipinski definition) is 2. The van der Waals surface area contributed by atoms with Gasteiger partial charge < -0.3 is 0 Å². The third kappa shape index (κ3) is 2.18. The molecule has 0 saturated carbocycles. The number of alkyl halides is 2. The van der Waals surface area contributed by atoms with E-state index in [-0.39, 0.29) is 17.3 Å². The minimum Gasteiger partial charge on any atom is -0.235 e. The van der Waals surface area contributed by atoms with Gasteiger partial charge in [0.15, 0.2) is 0 Å². The number of rotatable bonds is 2. The van der Waals surface area contributed by atoms with Gasteiger partial charge in [-0.2, -0.15) is 5.26 Å². The molecule has 1 rings (SSSR count). The van der Waals surface area contributed by atoms with Crippen molar-refractivity contribution in [1.29, 1.82) is 5.26 Å². The first-order chi connectivity index (χ1) is 6.56. The lowest BCUT2D eigenvalue weighted by molar-refractivity contribution is 0.145. The van der Waals surface area contributed by atoms with E-state index in [0.717, 1.165) is 0 Å². The van der Waals surface area contributed by atoms with Crippen LogP contribution >= 0.6 is 11.6 Å². The van der Waals surface area contributed by atoms with Gasteiger partial charge in [0, 0.05) is 0 Å². The maximum Gasteiger partial charge on any atom is 0.280 e. The van der Waals surface area contributed by atoms with Gasteiger partial charge in [0.2, 0.25) is 0 Å². The van der Waals surface area contributed by atoms with Gasteiger partial charge in [-0.15, -0.1) is 0 Å². The maximum absolute atomic E-state index is 12.4. The Morgan fingerprint density at radius 3 is 2.79 bits per heavy atom. The summed E-state index contributed by atoms with van der Waals surface area (Å²) in [6.07, 6.45) is -2.60. The summed E-state index contributed by atoms with van der Waals surface area (Å²) in [6.45, 7) is 1.51. The third-order valence-corrected chi connectivity index (χ3v) is 2.06. The molecule has 0 fully saturated rings. The molecular formula is C9H7ClF2N2. The Morgan fingerprint density at radius 2 is 2.29 bits per heavy atom. The summed E-state index contributed by atoms with van der Waals surface area (Å²) in [5.41, 5.74) is 0.497. The minimum absolute atomic E-state index is 0.00356. The van der Waals surface area contributed by atoms with Crippen LogP contribution in [0.3, 0.4) is 0 Å². The Kier molecular flexibility index (Phi) is 3.37. The lowest BCUT2D eigenvalue weighted by Gasteiger charge is -2.08. The number of pyridine rings is 1. The highest BCUT2D eigenvalue weighted by Gasteiger charge is 2.16. The van der Waals surface area contributed by atoms with Crippen molar-refractivity contribution in [3.8, 4) is 6.07 Å². The fraction of sp³-hybridized carbons (Fsp3) is 0.333. The van der Waals surface area contributed by atoms with Crippen molar-refractivity contribution in [2.75, 3.05) is 0 Å². The monoisotopic (exact) mass is 216 g/mol. The normalized spacial score (nSPS) is 10.3.